The highest BCUT2D eigenvalue weighted by Gasteiger charge is 2.22. The van der Waals surface area contributed by atoms with Gasteiger partial charge in [0.1, 0.15) is 10.6 Å². The van der Waals surface area contributed by atoms with E-state index in [2.05, 4.69) is 5.32 Å². The summed E-state index contributed by atoms with van der Waals surface area (Å²) in [4.78, 5) is 34.5. The third kappa shape index (κ3) is 4.30. The molecular formula is C17H15NO5S. The number of rotatable bonds is 6. The maximum atomic E-state index is 12.3. The molecule has 2 aromatic rings. The maximum absolute atomic E-state index is 12.3. The molecule has 0 fully saturated rings. The average molecular weight is 345 g/mol. The molecule has 1 amide bonds. The van der Waals surface area contributed by atoms with Crippen LogP contribution < -0.4 is 5.32 Å². The van der Waals surface area contributed by atoms with Crippen LogP contribution in [0.25, 0.3) is 11.1 Å². The van der Waals surface area contributed by atoms with Crippen LogP contribution in [0, 0.1) is 0 Å². The zero-order chi connectivity index (χ0) is 17.5. The van der Waals surface area contributed by atoms with Gasteiger partial charge in [-0.15, -0.1) is 11.3 Å². The van der Waals surface area contributed by atoms with Crippen molar-refractivity contribution in [3.8, 4) is 11.1 Å². The largest absolute Gasteiger partial charge is 0.478 e. The van der Waals surface area contributed by atoms with Crippen LogP contribution in [-0.2, 0) is 14.3 Å². The number of thiophene rings is 1. The van der Waals surface area contributed by atoms with E-state index < -0.39 is 17.8 Å². The molecule has 0 radical (unpaired) electrons. The van der Waals surface area contributed by atoms with Gasteiger partial charge in [-0.05, 0) is 12.5 Å². The van der Waals surface area contributed by atoms with Gasteiger partial charge in [0.15, 0.2) is 0 Å². The second-order valence-corrected chi connectivity index (χ2v) is 5.48. The second-order valence-electron chi connectivity index (χ2n) is 4.60. The van der Waals surface area contributed by atoms with E-state index in [-0.39, 0.29) is 12.2 Å². The zero-order valence-corrected chi connectivity index (χ0v) is 13.6. The molecule has 24 heavy (non-hydrogen) atoms. The third-order valence-electron chi connectivity index (χ3n) is 2.97. The number of carbonyl (C=O) groups excluding carboxylic acids is 2. The first-order chi connectivity index (χ1) is 11.5. The molecule has 0 spiro atoms. The van der Waals surface area contributed by atoms with E-state index in [0.717, 1.165) is 17.7 Å². The minimum absolute atomic E-state index is 0.204. The van der Waals surface area contributed by atoms with Gasteiger partial charge in [0.2, 0.25) is 5.91 Å². The van der Waals surface area contributed by atoms with Crippen molar-refractivity contribution in [1.82, 2.24) is 0 Å². The lowest BCUT2D eigenvalue weighted by Crippen LogP contribution is -2.13. The van der Waals surface area contributed by atoms with Crippen LogP contribution in [0.15, 0.2) is 47.9 Å². The van der Waals surface area contributed by atoms with E-state index in [4.69, 9.17) is 9.84 Å². The number of benzene rings is 1. The van der Waals surface area contributed by atoms with Crippen molar-refractivity contribution in [2.75, 3.05) is 11.9 Å². The van der Waals surface area contributed by atoms with E-state index in [1.165, 1.54) is 11.3 Å². The summed E-state index contributed by atoms with van der Waals surface area (Å²) in [6.07, 6.45) is 1.62. The molecule has 7 heteroatoms. The lowest BCUT2D eigenvalue weighted by molar-refractivity contribution is -0.131. The Kier molecular flexibility index (Phi) is 5.86. The van der Waals surface area contributed by atoms with Gasteiger partial charge in [-0.25, -0.2) is 9.59 Å². The van der Waals surface area contributed by atoms with Gasteiger partial charge in [0.25, 0.3) is 0 Å². The Balaban J connectivity index is 2.38. The fourth-order valence-electron chi connectivity index (χ4n) is 1.99. The van der Waals surface area contributed by atoms with Gasteiger partial charge in [0, 0.05) is 23.1 Å². The van der Waals surface area contributed by atoms with Crippen LogP contribution in [-0.4, -0.2) is 29.6 Å². The molecule has 0 bridgehead atoms. The Morgan fingerprint density at radius 1 is 1.21 bits per heavy atom. The number of anilines is 1. The zero-order valence-electron chi connectivity index (χ0n) is 12.8. The van der Waals surface area contributed by atoms with Crippen LogP contribution in [0.1, 0.15) is 17.3 Å². The van der Waals surface area contributed by atoms with E-state index in [9.17, 15) is 14.4 Å². The molecule has 1 heterocycles. The number of amides is 1. The summed E-state index contributed by atoms with van der Waals surface area (Å²) < 4.78 is 5.07. The molecule has 0 saturated heterocycles. The highest BCUT2D eigenvalue weighted by molar-refractivity contribution is 7.15. The lowest BCUT2D eigenvalue weighted by atomic mass is 10.0. The van der Waals surface area contributed by atoms with Crippen molar-refractivity contribution >= 4 is 34.2 Å². The van der Waals surface area contributed by atoms with Crippen molar-refractivity contribution in [3.63, 3.8) is 0 Å². The van der Waals surface area contributed by atoms with Crippen molar-refractivity contribution in [3.05, 3.63) is 53.4 Å². The van der Waals surface area contributed by atoms with Crippen molar-refractivity contribution in [2.24, 2.45) is 0 Å². The van der Waals surface area contributed by atoms with E-state index in [1.54, 1.807) is 12.3 Å². The molecular weight excluding hydrogens is 330 g/mol. The third-order valence-corrected chi connectivity index (χ3v) is 3.86. The molecule has 0 unspecified atom stereocenters. The topological polar surface area (TPSA) is 92.7 Å². The number of hydrogen-bond donors (Lipinski definition) is 2. The number of aliphatic carboxylic acids is 1. The van der Waals surface area contributed by atoms with Gasteiger partial charge in [-0.2, -0.15) is 0 Å². The first-order valence-electron chi connectivity index (χ1n) is 7.09. The Hall–Kier alpha value is -2.93. The van der Waals surface area contributed by atoms with Crippen molar-refractivity contribution in [1.29, 1.82) is 0 Å². The second kappa shape index (κ2) is 8.07. The molecule has 1 aromatic carbocycles. The number of hydrogen-bond acceptors (Lipinski definition) is 5. The Morgan fingerprint density at radius 2 is 1.92 bits per heavy atom. The predicted octanol–water partition coefficient (Wildman–Crippen LogP) is 3.17. The van der Waals surface area contributed by atoms with Crippen molar-refractivity contribution in [2.45, 2.75) is 6.92 Å². The van der Waals surface area contributed by atoms with Crippen molar-refractivity contribution < 1.29 is 24.2 Å². The molecule has 2 N–H and O–H groups in total. The summed E-state index contributed by atoms with van der Waals surface area (Å²) in [6.45, 7) is 1.90. The Morgan fingerprint density at radius 3 is 2.54 bits per heavy atom. The minimum atomic E-state index is -1.23. The summed E-state index contributed by atoms with van der Waals surface area (Å²) in [7, 11) is 0. The molecule has 0 aliphatic rings. The number of esters is 1. The summed E-state index contributed by atoms with van der Waals surface area (Å²) in [6, 6.07) is 9.24. The number of ether oxygens (including phenoxy) is 1. The standard InChI is InChI=1S/C17H15NO5S/c1-2-23-17(22)15-12(11-6-4-3-5-7-11)10-24-16(15)18-13(19)8-9-14(20)21/h3-10H,2H2,1H3,(H,18,19)(H,20,21)/b9-8-. The van der Waals surface area contributed by atoms with Gasteiger partial charge in [-0.3, -0.25) is 4.79 Å². The van der Waals surface area contributed by atoms with Gasteiger partial charge >= 0.3 is 11.9 Å². The fraction of sp³-hybridized carbons (Fsp3) is 0.118. The van der Waals surface area contributed by atoms with E-state index in [0.29, 0.717) is 10.6 Å². The molecule has 0 saturated carbocycles. The summed E-state index contributed by atoms with van der Waals surface area (Å²) in [5.74, 6) is -2.41. The average Bonchev–Trinajstić information content (AvgIpc) is 2.97. The van der Waals surface area contributed by atoms with Crippen LogP contribution in [0.4, 0.5) is 5.00 Å². The van der Waals surface area contributed by atoms with E-state index >= 15 is 0 Å². The number of carboxylic acids is 1. The van der Waals surface area contributed by atoms with Crippen LogP contribution in [0.2, 0.25) is 0 Å². The first kappa shape index (κ1) is 17.4. The van der Waals surface area contributed by atoms with Crippen LogP contribution in [0.3, 0.4) is 0 Å². The Bertz CT molecular complexity index is 780. The maximum Gasteiger partial charge on any atom is 0.341 e. The molecule has 0 aliphatic carbocycles. The lowest BCUT2D eigenvalue weighted by Gasteiger charge is -2.07. The molecule has 0 aliphatic heterocycles. The molecule has 6 nitrogen and oxygen atoms in total. The number of carboxylic acid groups (broad SMARTS) is 1. The molecule has 124 valence electrons. The fourth-order valence-corrected chi connectivity index (χ4v) is 2.95. The number of carbonyl (C=O) groups is 3. The summed E-state index contributed by atoms with van der Waals surface area (Å²) in [5.41, 5.74) is 1.72. The number of nitrogens with one attached hydrogen (secondary N) is 1. The normalized spacial score (nSPS) is 10.5. The highest BCUT2D eigenvalue weighted by Crippen LogP contribution is 2.36. The minimum Gasteiger partial charge on any atom is -0.478 e. The highest BCUT2D eigenvalue weighted by atomic mass is 32.1. The van der Waals surface area contributed by atoms with Gasteiger partial charge in [0.05, 0.1) is 6.61 Å². The Labute approximate surface area is 142 Å². The molecule has 0 atom stereocenters. The summed E-state index contributed by atoms with van der Waals surface area (Å²) >= 11 is 1.17. The van der Waals surface area contributed by atoms with Crippen LogP contribution in [0.5, 0.6) is 0 Å². The molecule has 1 aromatic heterocycles. The monoisotopic (exact) mass is 345 g/mol. The predicted molar refractivity (Wildman–Crippen MR) is 91.1 cm³/mol. The quantitative estimate of drug-likeness (QED) is 0.620. The molecule has 2 rings (SSSR count). The first-order valence-corrected chi connectivity index (χ1v) is 7.97. The van der Waals surface area contributed by atoms with Crippen LogP contribution >= 0.6 is 11.3 Å². The SMILES string of the molecule is CCOC(=O)c1c(-c2ccccc2)csc1NC(=O)/C=C\C(=O)O. The van der Waals surface area contributed by atoms with Gasteiger partial charge in [-0.1, -0.05) is 30.3 Å². The van der Waals surface area contributed by atoms with Gasteiger partial charge < -0.3 is 15.2 Å². The van der Waals surface area contributed by atoms with E-state index in [1.807, 2.05) is 30.3 Å². The smallest absolute Gasteiger partial charge is 0.341 e. The summed E-state index contributed by atoms with van der Waals surface area (Å²) in [5, 5.41) is 13.1.